The van der Waals surface area contributed by atoms with E-state index in [-0.39, 0.29) is 0 Å². The predicted molar refractivity (Wildman–Crippen MR) is 85.1 cm³/mol. The Morgan fingerprint density at radius 3 is 2.90 bits per heavy atom. The summed E-state index contributed by atoms with van der Waals surface area (Å²) in [5.41, 5.74) is 3.77. The van der Waals surface area contributed by atoms with E-state index in [9.17, 15) is 0 Å². The Morgan fingerprint density at radius 2 is 2.10 bits per heavy atom. The van der Waals surface area contributed by atoms with Crippen LogP contribution < -0.4 is 16.0 Å². The Morgan fingerprint density at radius 1 is 1.30 bits per heavy atom. The smallest absolute Gasteiger partial charge is 0.0957 e. The second-order valence-corrected chi connectivity index (χ2v) is 5.87. The highest BCUT2D eigenvalue weighted by molar-refractivity contribution is 5.62. The molecule has 4 heteroatoms. The van der Waals surface area contributed by atoms with Gasteiger partial charge in [-0.15, -0.1) is 0 Å². The van der Waals surface area contributed by atoms with Gasteiger partial charge in [0, 0.05) is 24.0 Å². The van der Waals surface area contributed by atoms with Crippen LogP contribution in [0.3, 0.4) is 0 Å². The summed E-state index contributed by atoms with van der Waals surface area (Å²) in [4.78, 5) is 2.40. The van der Waals surface area contributed by atoms with Crippen LogP contribution >= 0.6 is 0 Å². The van der Waals surface area contributed by atoms with Crippen molar-refractivity contribution in [1.82, 2.24) is 10.2 Å². The average molecular weight is 272 g/mol. The molecule has 0 spiro atoms. The van der Waals surface area contributed by atoms with Gasteiger partial charge in [-0.1, -0.05) is 6.58 Å². The molecular weight excluding hydrogens is 248 g/mol. The quantitative estimate of drug-likeness (QED) is 0.772. The van der Waals surface area contributed by atoms with Crippen molar-refractivity contribution < 1.29 is 0 Å². The molecule has 2 aliphatic heterocycles. The van der Waals surface area contributed by atoms with Gasteiger partial charge in [0.05, 0.1) is 5.82 Å². The van der Waals surface area contributed by atoms with Crippen LogP contribution in [0.1, 0.15) is 18.4 Å². The lowest BCUT2D eigenvalue weighted by Gasteiger charge is -2.30. The standard InChI is InChI=1S/C16H24N4/c1-12-17-8-5-13-11-15(3-4-16(13)18-12)19-14-6-9-20(2)10-7-14/h3-4,11,14,17-19H,1,5-10H2,2H3. The molecule has 0 bridgehead atoms. The molecular formula is C16H24N4. The number of nitrogens with zero attached hydrogens (tertiary/aromatic N) is 1. The van der Waals surface area contributed by atoms with E-state index >= 15 is 0 Å². The van der Waals surface area contributed by atoms with Crippen LogP contribution in [0, 0.1) is 0 Å². The molecule has 0 unspecified atom stereocenters. The van der Waals surface area contributed by atoms with Crippen molar-refractivity contribution in [3.05, 3.63) is 36.2 Å². The maximum Gasteiger partial charge on any atom is 0.0957 e. The third-order valence-corrected chi connectivity index (χ3v) is 4.21. The molecule has 1 aromatic carbocycles. The van der Waals surface area contributed by atoms with Gasteiger partial charge in [0.15, 0.2) is 0 Å². The average Bonchev–Trinajstić information content (AvgIpc) is 2.62. The summed E-state index contributed by atoms with van der Waals surface area (Å²) in [5, 5.41) is 10.3. The minimum absolute atomic E-state index is 0.607. The van der Waals surface area contributed by atoms with Crippen molar-refractivity contribution >= 4 is 11.4 Å². The van der Waals surface area contributed by atoms with Crippen molar-refractivity contribution in [2.75, 3.05) is 37.3 Å². The van der Waals surface area contributed by atoms with Crippen molar-refractivity contribution in [1.29, 1.82) is 0 Å². The number of anilines is 2. The second-order valence-electron chi connectivity index (χ2n) is 5.87. The zero-order valence-corrected chi connectivity index (χ0v) is 12.2. The predicted octanol–water partition coefficient (Wildman–Crippen LogP) is 2.22. The normalized spacial score (nSPS) is 20.6. The van der Waals surface area contributed by atoms with Crippen LogP contribution in [0.4, 0.5) is 11.4 Å². The van der Waals surface area contributed by atoms with Gasteiger partial charge in [0.1, 0.15) is 0 Å². The largest absolute Gasteiger partial charge is 0.382 e. The highest BCUT2D eigenvalue weighted by atomic mass is 15.1. The molecule has 20 heavy (non-hydrogen) atoms. The van der Waals surface area contributed by atoms with E-state index in [0.29, 0.717) is 6.04 Å². The van der Waals surface area contributed by atoms with E-state index in [1.165, 1.54) is 42.9 Å². The van der Waals surface area contributed by atoms with Crippen LogP contribution in [0.5, 0.6) is 0 Å². The van der Waals surface area contributed by atoms with Gasteiger partial charge >= 0.3 is 0 Å². The minimum atomic E-state index is 0.607. The molecule has 0 aromatic heterocycles. The van der Waals surface area contributed by atoms with Gasteiger partial charge in [-0.05, 0) is 63.2 Å². The summed E-state index contributed by atoms with van der Waals surface area (Å²) in [6, 6.07) is 7.21. The number of fused-ring (bicyclic) bond motifs is 1. The summed E-state index contributed by atoms with van der Waals surface area (Å²) in [6.07, 6.45) is 3.48. The lowest BCUT2D eigenvalue weighted by Crippen LogP contribution is -2.36. The maximum absolute atomic E-state index is 3.95. The van der Waals surface area contributed by atoms with Gasteiger partial charge in [-0.2, -0.15) is 0 Å². The monoisotopic (exact) mass is 272 g/mol. The van der Waals surface area contributed by atoms with Gasteiger partial charge in [-0.3, -0.25) is 0 Å². The van der Waals surface area contributed by atoms with Crippen molar-refractivity contribution in [2.45, 2.75) is 25.3 Å². The van der Waals surface area contributed by atoms with E-state index in [2.05, 4.69) is 52.7 Å². The molecule has 108 valence electrons. The van der Waals surface area contributed by atoms with E-state index < -0.39 is 0 Å². The van der Waals surface area contributed by atoms with Crippen LogP contribution in [-0.4, -0.2) is 37.6 Å². The first-order valence-electron chi connectivity index (χ1n) is 7.48. The van der Waals surface area contributed by atoms with Crippen molar-refractivity contribution in [2.24, 2.45) is 0 Å². The van der Waals surface area contributed by atoms with Crippen LogP contribution in [0.15, 0.2) is 30.6 Å². The Hall–Kier alpha value is -1.68. The number of hydrogen-bond acceptors (Lipinski definition) is 4. The van der Waals surface area contributed by atoms with E-state index in [1.807, 2.05) is 0 Å². The fourth-order valence-electron chi connectivity index (χ4n) is 2.96. The van der Waals surface area contributed by atoms with E-state index in [4.69, 9.17) is 0 Å². The third kappa shape index (κ3) is 3.07. The van der Waals surface area contributed by atoms with Gasteiger partial charge in [0.2, 0.25) is 0 Å². The molecule has 0 saturated carbocycles. The van der Waals surface area contributed by atoms with E-state index in [0.717, 1.165) is 18.8 Å². The lowest BCUT2D eigenvalue weighted by atomic mass is 10.0. The summed E-state index contributed by atoms with van der Waals surface area (Å²) < 4.78 is 0. The number of likely N-dealkylation sites (tertiary alicyclic amines) is 1. The molecule has 3 N–H and O–H groups in total. The van der Waals surface area contributed by atoms with Gasteiger partial charge < -0.3 is 20.9 Å². The molecule has 1 aromatic rings. The zero-order chi connectivity index (χ0) is 13.9. The topological polar surface area (TPSA) is 39.3 Å². The molecule has 3 rings (SSSR count). The number of nitrogens with one attached hydrogen (secondary N) is 3. The fourth-order valence-corrected chi connectivity index (χ4v) is 2.96. The molecule has 0 atom stereocenters. The highest BCUT2D eigenvalue weighted by Gasteiger charge is 2.17. The Balaban J connectivity index is 1.69. The number of rotatable bonds is 2. The first kappa shape index (κ1) is 13.3. The molecule has 0 amide bonds. The first-order chi connectivity index (χ1) is 9.70. The molecule has 2 heterocycles. The van der Waals surface area contributed by atoms with Crippen LogP contribution in [0.2, 0.25) is 0 Å². The first-order valence-corrected chi connectivity index (χ1v) is 7.48. The summed E-state index contributed by atoms with van der Waals surface area (Å²) in [7, 11) is 2.20. The maximum atomic E-state index is 3.95. The molecule has 1 saturated heterocycles. The number of piperidine rings is 1. The van der Waals surface area contributed by atoms with E-state index in [1.54, 1.807) is 0 Å². The number of hydrogen-bond donors (Lipinski definition) is 3. The third-order valence-electron chi connectivity index (χ3n) is 4.21. The Labute approximate surface area is 121 Å². The van der Waals surface area contributed by atoms with Crippen LogP contribution in [0.25, 0.3) is 0 Å². The molecule has 2 aliphatic rings. The van der Waals surface area contributed by atoms with Crippen LogP contribution in [-0.2, 0) is 6.42 Å². The molecule has 4 nitrogen and oxygen atoms in total. The second kappa shape index (κ2) is 5.75. The summed E-state index contributed by atoms with van der Waals surface area (Å²) >= 11 is 0. The molecule has 1 fully saturated rings. The Kier molecular flexibility index (Phi) is 3.83. The molecule has 0 radical (unpaired) electrons. The fraction of sp³-hybridized carbons (Fsp3) is 0.500. The molecule has 0 aliphatic carbocycles. The highest BCUT2D eigenvalue weighted by Crippen LogP contribution is 2.25. The minimum Gasteiger partial charge on any atom is -0.382 e. The number of benzene rings is 1. The van der Waals surface area contributed by atoms with Gasteiger partial charge in [-0.25, -0.2) is 0 Å². The Bertz CT molecular complexity index is 489. The van der Waals surface area contributed by atoms with Gasteiger partial charge in [0.25, 0.3) is 0 Å². The van der Waals surface area contributed by atoms with Crippen molar-refractivity contribution in [3.63, 3.8) is 0 Å². The zero-order valence-electron chi connectivity index (χ0n) is 12.2. The summed E-state index contributed by atoms with van der Waals surface area (Å²) in [6.45, 7) is 7.27. The lowest BCUT2D eigenvalue weighted by molar-refractivity contribution is 0.264. The van der Waals surface area contributed by atoms with Crippen molar-refractivity contribution in [3.8, 4) is 0 Å². The summed E-state index contributed by atoms with van der Waals surface area (Å²) in [5.74, 6) is 0.889. The SMILES string of the molecule is C=C1NCCc2cc(NC3CCN(C)CC3)ccc2N1.